The summed E-state index contributed by atoms with van der Waals surface area (Å²) in [5.41, 5.74) is 0.449. The average molecular weight is 372 g/mol. The second-order valence-corrected chi connectivity index (χ2v) is 6.38. The number of nitrogens with zero attached hydrogens (tertiary/aromatic N) is 5. The number of nitrogens with one attached hydrogen (secondary N) is 1. The Labute approximate surface area is 158 Å². The van der Waals surface area contributed by atoms with Crippen molar-refractivity contribution in [3.63, 3.8) is 0 Å². The van der Waals surface area contributed by atoms with E-state index >= 15 is 0 Å². The number of nitriles is 2. The van der Waals surface area contributed by atoms with Crippen LogP contribution in [0.4, 0.5) is 0 Å². The molecule has 0 radical (unpaired) electrons. The highest BCUT2D eigenvalue weighted by Crippen LogP contribution is 2.28. The Kier molecular flexibility index (Phi) is 6.82. The van der Waals surface area contributed by atoms with E-state index in [2.05, 4.69) is 22.5 Å². The number of morpholine rings is 1. The molecule has 9 nitrogen and oxygen atoms in total. The molecule has 2 fully saturated rings. The smallest absolute Gasteiger partial charge is 0.198 e. The predicted molar refractivity (Wildman–Crippen MR) is 95.9 cm³/mol. The van der Waals surface area contributed by atoms with Gasteiger partial charge in [0.1, 0.15) is 24.5 Å². The fourth-order valence-electron chi connectivity index (χ4n) is 3.07. The van der Waals surface area contributed by atoms with Crippen molar-refractivity contribution in [2.45, 2.75) is 12.4 Å². The Morgan fingerprint density at radius 1 is 1.30 bits per heavy atom. The first-order valence-corrected chi connectivity index (χ1v) is 9.02. The lowest BCUT2D eigenvalue weighted by Crippen LogP contribution is -2.41. The van der Waals surface area contributed by atoms with Crippen LogP contribution in [-0.2, 0) is 4.74 Å². The molecular weight excluding hydrogens is 348 g/mol. The molecular formula is C18H24N6O3. The van der Waals surface area contributed by atoms with E-state index in [4.69, 9.17) is 14.7 Å². The van der Waals surface area contributed by atoms with Gasteiger partial charge >= 0.3 is 0 Å². The van der Waals surface area contributed by atoms with Gasteiger partial charge in [0.15, 0.2) is 12.5 Å². The summed E-state index contributed by atoms with van der Waals surface area (Å²) in [6.45, 7) is 4.85. The van der Waals surface area contributed by atoms with Gasteiger partial charge in [-0.05, 0) is 12.1 Å². The molecule has 144 valence electrons. The largest absolute Gasteiger partial charge is 0.489 e. The molecule has 2 aliphatic heterocycles. The topological polar surface area (TPSA) is 108 Å². The first-order valence-electron chi connectivity index (χ1n) is 9.02. The lowest BCUT2D eigenvalue weighted by Gasteiger charge is -2.24. The molecule has 0 amide bonds. The van der Waals surface area contributed by atoms with Gasteiger partial charge in [-0.15, -0.1) is 0 Å². The molecule has 0 aromatic heterocycles. The maximum atomic E-state index is 10.0. The molecule has 3 rings (SSSR count). The number of para-hydroxylation sites is 1. The summed E-state index contributed by atoms with van der Waals surface area (Å²) in [5.74, 6) is 0.473. The molecule has 1 aromatic carbocycles. The molecule has 2 aliphatic rings. The van der Waals surface area contributed by atoms with Crippen molar-refractivity contribution in [1.29, 1.82) is 10.5 Å². The number of hydrogen-bond acceptors (Lipinski definition) is 9. The number of hydrazine groups is 1. The third kappa shape index (κ3) is 5.07. The van der Waals surface area contributed by atoms with Crippen molar-refractivity contribution < 1.29 is 14.6 Å². The summed E-state index contributed by atoms with van der Waals surface area (Å²) in [6, 6.07) is 9.00. The molecule has 0 bridgehead atoms. The third-order valence-electron chi connectivity index (χ3n) is 4.52. The highest BCUT2D eigenvalue weighted by atomic mass is 16.5. The Balaban J connectivity index is 1.33. The maximum Gasteiger partial charge on any atom is 0.198 e. The monoisotopic (exact) mass is 372 g/mol. The third-order valence-corrected chi connectivity index (χ3v) is 4.52. The molecule has 2 heterocycles. The Morgan fingerprint density at radius 3 is 2.81 bits per heavy atom. The normalized spacial score (nSPS) is 23.3. The molecule has 9 heteroatoms. The van der Waals surface area contributed by atoms with Crippen LogP contribution in [0.1, 0.15) is 5.56 Å². The van der Waals surface area contributed by atoms with Crippen LogP contribution >= 0.6 is 0 Å². The summed E-state index contributed by atoms with van der Waals surface area (Å²) in [6.07, 6.45) is 1.53. The van der Waals surface area contributed by atoms with Gasteiger partial charge in [-0.25, -0.2) is 5.01 Å². The summed E-state index contributed by atoms with van der Waals surface area (Å²) in [5, 5.41) is 35.1. The van der Waals surface area contributed by atoms with Crippen LogP contribution in [0.5, 0.6) is 5.75 Å². The van der Waals surface area contributed by atoms with E-state index in [-0.39, 0.29) is 12.9 Å². The van der Waals surface area contributed by atoms with Crippen molar-refractivity contribution in [1.82, 2.24) is 20.2 Å². The molecule has 1 aromatic rings. The molecule has 27 heavy (non-hydrogen) atoms. The van der Waals surface area contributed by atoms with Crippen molar-refractivity contribution >= 4 is 0 Å². The van der Waals surface area contributed by atoms with Gasteiger partial charge in [0.25, 0.3) is 0 Å². The number of hydrogen-bond donors (Lipinski definition) is 2. The Hall–Kier alpha value is -2.40. The number of aliphatic hydroxyl groups excluding tert-OH is 1. The van der Waals surface area contributed by atoms with Gasteiger partial charge < -0.3 is 19.9 Å². The molecule has 0 saturated carbocycles. The molecule has 2 N–H and O–H groups in total. The van der Waals surface area contributed by atoms with E-state index in [1.54, 1.807) is 29.3 Å². The van der Waals surface area contributed by atoms with Gasteiger partial charge in [-0.1, -0.05) is 12.1 Å². The van der Waals surface area contributed by atoms with Gasteiger partial charge in [0, 0.05) is 32.7 Å². The summed E-state index contributed by atoms with van der Waals surface area (Å²) in [7, 11) is 0. The van der Waals surface area contributed by atoms with Gasteiger partial charge in [-0.2, -0.15) is 15.5 Å². The van der Waals surface area contributed by atoms with Crippen LogP contribution in [0.15, 0.2) is 24.3 Å². The molecule has 3 unspecified atom stereocenters. The highest BCUT2D eigenvalue weighted by Gasteiger charge is 2.49. The van der Waals surface area contributed by atoms with Crippen molar-refractivity contribution in [3.8, 4) is 18.0 Å². The van der Waals surface area contributed by atoms with Gasteiger partial charge in [0.05, 0.1) is 18.8 Å². The van der Waals surface area contributed by atoms with Crippen molar-refractivity contribution in [3.05, 3.63) is 29.8 Å². The van der Waals surface area contributed by atoms with Crippen LogP contribution in [-0.4, -0.2) is 85.0 Å². The average Bonchev–Trinajstić information content (AvgIpc) is 3.43. The van der Waals surface area contributed by atoms with Gasteiger partial charge in [-0.3, -0.25) is 4.90 Å². The molecule has 2 saturated heterocycles. The Morgan fingerprint density at radius 2 is 2.07 bits per heavy atom. The van der Waals surface area contributed by atoms with E-state index in [0.717, 1.165) is 13.1 Å². The second kappa shape index (κ2) is 9.51. The van der Waals surface area contributed by atoms with Crippen LogP contribution in [0.3, 0.4) is 0 Å². The molecule has 3 atom stereocenters. The summed E-state index contributed by atoms with van der Waals surface area (Å²) >= 11 is 0. The van der Waals surface area contributed by atoms with E-state index in [1.807, 2.05) is 5.01 Å². The number of benzene rings is 1. The van der Waals surface area contributed by atoms with Crippen molar-refractivity contribution in [2.75, 3.05) is 52.5 Å². The molecule has 0 aliphatic carbocycles. The minimum atomic E-state index is -0.687. The predicted octanol–water partition coefficient (Wildman–Crippen LogP) is -0.483. The Bertz CT molecular complexity index is 697. The summed E-state index contributed by atoms with van der Waals surface area (Å²) in [4.78, 5) is 2.22. The van der Waals surface area contributed by atoms with E-state index in [0.29, 0.717) is 44.2 Å². The minimum Gasteiger partial charge on any atom is -0.489 e. The van der Waals surface area contributed by atoms with Crippen LogP contribution in [0.2, 0.25) is 0 Å². The van der Waals surface area contributed by atoms with Gasteiger partial charge in [0.2, 0.25) is 0 Å². The second-order valence-electron chi connectivity index (χ2n) is 6.38. The highest BCUT2D eigenvalue weighted by molar-refractivity contribution is 5.42. The maximum absolute atomic E-state index is 10.0. The first kappa shape index (κ1) is 19.4. The lowest BCUT2D eigenvalue weighted by molar-refractivity contribution is 0.0231. The fraction of sp³-hybridized carbons (Fsp3) is 0.556. The lowest BCUT2D eigenvalue weighted by atomic mass is 10.2. The summed E-state index contributed by atoms with van der Waals surface area (Å²) < 4.78 is 10.9. The SMILES string of the molecule is N#Cc1ccccc1OCC(O)CNCCN1C(N2CCOCC2)N1C#N. The number of aliphatic hydroxyl groups is 1. The van der Waals surface area contributed by atoms with Crippen LogP contribution < -0.4 is 10.1 Å². The first-order chi connectivity index (χ1) is 13.2. The molecule has 0 spiro atoms. The van der Waals surface area contributed by atoms with E-state index in [1.165, 1.54) is 0 Å². The van der Waals surface area contributed by atoms with E-state index < -0.39 is 6.10 Å². The fourth-order valence-corrected chi connectivity index (χ4v) is 3.07. The zero-order chi connectivity index (χ0) is 19.1. The standard InChI is InChI=1S/C18H24N6O3/c19-11-15-3-1-2-4-17(15)27-13-16(25)12-21-5-6-23-18(24(23)14-20)22-7-9-26-10-8-22/h1-4,16,18,21,25H,5-10,12-13H2. The van der Waals surface area contributed by atoms with Crippen LogP contribution in [0, 0.1) is 22.8 Å². The zero-order valence-electron chi connectivity index (χ0n) is 15.1. The number of rotatable bonds is 9. The van der Waals surface area contributed by atoms with E-state index in [9.17, 15) is 10.4 Å². The zero-order valence-corrected chi connectivity index (χ0v) is 15.1. The quantitative estimate of drug-likeness (QED) is 0.337. The van der Waals surface area contributed by atoms with Crippen LogP contribution in [0.25, 0.3) is 0 Å². The minimum absolute atomic E-state index is 0.0245. The van der Waals surface area contributed by atoms with Crippen molar-refractivity contribution in [2.24, 2.45) is 0 Å². The number of ether oxygens (including phenoxy) is 2.